The summed E-state index contributed by atoms with van der Waals surface area (Å²) in [5.41, 5.74) is 13.1. The first-order chi connectivity index (χ1) is 35.8. The van der Waals surface area contributed by atoms with Crippen LogP contribution >= 0.6 is 0 Å². The molecule has 4 nitrogen and oxygen atoms in total. The number of rotatable bonds is 8. The predicted molar refractivity (Wildman–Crippen MR) is 292 cm³/mol. The Balaban J connectivity index is 0.000000131. The molecular formula is C68H54O4Ti. The van der Waals surface area contributed by atoms with Crippen LogP contribution in [0.2, 0.25) is 0 Å². The van der Waals surface area contributed by atoms with Crippen molar-refractivity contribution in [1.82, 2.24) is 0 Å². The molecule has 0 fully saturated rings. The molecule has 0 aliphatic heterocycles. The normalized spacial score (nSPS) is 11.3. The minimum atomic E-state index is -1.20. The van der Waals surface area contributed by atoms with E-state index in [-0.39, 0.29) is 0 Å². The zero-order valence-electron chi connectivity index (χ0n) is 40.6. The van der Waals surface area contributed by atoms with E-state index in [0.717, 1.165) is 46.2 Å². The second kappa shape index (κ2) is 24.7. The van der Waals surface area contributed by atoms with Crippen molar-refractivity contribution in [2.45, 2.75) is 30.6 Å². The van der Waals surface area contributed by atoms with Gasteiger partial charge in [-0.15, -0.1) is 11.1 Å². The van der Waals surface area contributed by atoms with Crippen molar-refractivity contribution in [1.29, 1.82) is 0 Å². The number of benzene rings is 10. The molecule has 12 rings (SSSR count). The molecule has 10 aromatic rings. The van der Waals surface area contributed by atoms with Crippen LogP contribution < -0.4 is 0 Å². The van der Waals surface area contributed by atoms with Crippen molar-refractivity contribution in [2.24, 2.45) is 0 Å². The van der Waals surface area contributed by atoms with Crippen LogP contribution in [-0.2, 0) is 53.2 Å². The summed E-state index contributed by atoms with van der Waals surface area (Å²) in [6.45, 7) is 2.00. The van der Waals surface area contributed by atoms with Gasteiger partial charge in [0.15, 0.2) is 0 Å². The van der Waals surface area contributed by atoms with E-state index in [0.29, 0.717) is 0 Å². The summed E-state index contributed by atoms with van der Waals surface area (Å²) < 4.78 is 2.00. The fourth-order valence-corrected chi connectivity index (χ4v) is 9.87. The van der Waals surface area contributed by atoms with Crippen molar-refractivity contribution in [2.75, 3.05) is 0 Å². The Bertz CT molecular complexity index is 2850. The quantitative estimate of drug-likeness (QED) is 0.0904. The zero-order chi connectivity index (χ0) is 50.9. The van der Waals surface area contributed by atoms with E-state index in [1.165, 1.54) is 44.5 Å². The van der Waals surface area contributed by atoms with Gasteiger partial charge in [-0.3, -0.25) is 9.59 Å². The summed E-state index contributed by atoms with van der Waals surface area (Å²) in [7, 11) is 0. The first-order valence-electron chi connectivity index (χ1n) is 24.2. The maximum atomic E-state index is 12.4. The Labute approximate surface area is 440 Å². The summed E-state index contributed by atoms with van der Waals surface area (Å²) in [4.78, 5) is 24.8. The van der Waals surface area contributed by atoms with Gasteiger partial charge >= 0.3 is 43.1 Å². The Morgan fingerprint density at radius 2 is 0.589 bits per heavy atom. The van der Waals surface area contributed by atoms with Gasteiger partial charge in [-0.25, -0.2) is 0 Å². The van der Waals surface area contributed by atoms with E-state index < -0.39 is 22.8 Å². The Kier molecular flexibility index (Phi) is 17.3. The largest absolute Gasteiger partial charge is 0.480 e. The summed E-state index contributed by atoms with van der Waals surface area (Å²) >= 11 is 2.00. The van der Waals surface area contributed by atoms with Crippen LogP contribution in [0.1, 0.15) is 62.6 Å². The van der Waals surface area contributed by atoms with Crippen molar-refractivity contribution >= 4 is 16.3 Å². The third-order valence-corrected chi connectivity index (χ3v) is 13.1. The van der Waals surface area contributed by atoms with Gasteiger partial charge in [-0.05, 0) is 46.2 Å². The summed E-state index contributed by atoms with van der Waals surface area (Å²) in [5, 5.41) is 20.4. The SMILES string of the molecule is C[CH]=[Ti+2].O=C(O)C(c1ccccc1)(c1ccccc1)c1ccccc1.O=C(O)C(c1ccccc1)(c1ccccc1)c1ccccc1.[c-]1cccc2c1Cc1ccccc1-2.[c-]1cccc2c1Cc1ccccc1-2. The van der Waals surface area contributed by atoms with Crippen LogP contribution in [0.25, 0.3) is 22.3 Å². The van der Waals surface area contributed by atoms with E-state index in [1.807, 2.05) is 225 Å². The first kappa shape index (κ1) is 51.1. The van der Waals surface area contributed by atoms with Gasteiger partial charge in [-0.2, -0.15) is 59.7 Å². The molecule has 0 saturated heterocycles. The monoisotopic (exact) mass is 982 g/mol. The molecule has 0 heterocycles. The number of carboxylic acid groups (broad SMARTS) is 2. The molecule has 0 unspecified atom stereocenters. The van der Waals surface area contributed by atoms with E-state index in [9.17, 15) is 19.8 Å². The van der Waals surface area contributed by atoms with Gasteiger partial charge in [0.25, 0.3) is 0 Å². The minimum Gasteiger partial charge on any atom is -0.480 e. The number of carbonyl (C=O) groups is 2. The van der Waals surface area contributed by atoms with E-state index in [1.54, 1.807) is 0 Å². The molecule has 73 heavy (non-hydrogen) atoms. The van der Waals surface area contributed by atoms with E-state index in [2.05, 4.69) is 84.9 Å². The molecule has 0 spiro atoms. The van der Waals surface area contributed by atoms with Crippen LogP contribution in [-0.4, -0.2) is 26.5 Å². The first-order valence-corrected chi connectivity index (χ1v) is 25.1. The molecule has 5 heteroatoms. The smallest absolute Gasteiger partial charge is 0.323 e. The van der Waals surface area contributed by atoms with Gasteiger partial charge in [0.1, 0.15) is 10.8 Å². The Morgan fingerprint density at radius 1 is 0.370 bits per heavy atom. The van der Waals surface area contributed by atoms with Crippen LogP contribution in [0, 0.1) is 12.1 Å². The summed E-state index contributed by atoms with van der Waals surface area (Å²) in [6.07, 6.45) is 2.10. The molecule has 0 aromatic heterocycles. The third kappa shape index (κ3) is 11.1. The fraction of sp³-hybridized carbons (Fsp3) is 0.0735. The van der Waals surface area contributed by atoms with Gasteiger partial charge in [-0.1, -0.05) is 253 Å². The predicted octanol–water partition coefficient (Wildman–Crippen LogP) is 14.7. The Morgan fingerprint density at radius 3 is 0.836 bits per heavy atom. The Hall–Kier alpha value is -8.28. The van der Waals surface area contributed by atoms with Gasteiger partial charge in [0.2, 0.25) is 0 Å². The second-order valence-electron chi connectivity index (χ2n) is 17.4. The van der Waals surface area contributed by atoms with Crippen molar-refractivity contribution in [3.63, 3.8) is 0 Å². The molecule has 2 N–H and O–H groups in total. The number of hydrogen-bond acceptors (Lipinski definition) is 2. The topological polar surface area (TPSA) is 74.6 Å². The molecule has 0 saturated carbocycles. The average molecular weight is 983 g/mol. The maximum Gasteiger partial charge on any atom is 0.323 e. The van der Waals surface area contributed by atoms with Crippen molar-refractivity contribution in [3.05, 3.63) is 335 Å². The second-order valence-corrected chi connectivity index (χ2v) is 18.3. The minimum absolute atomic E-state index is 0.750. The number of hydrogen-bond donors (Lipinski definition) is 2. The standard InChI is InChI=1S/2C20H16O2.2C13H9.C2H4.Ti/c2*21-19(22)20(16-10-4-1-5-11-16,17-12-6-2-7-13-17)18-14-8-3-9-15-18;2*1-3-7-12-10(5-1)9-11-6-2-4-8-13(11)12;1-2;/h2*1-15H,(H,21,22);2*1-5,7-8H,9H2;1H,2H3;/q;;2*-1;;+2. The maximum absolute atomic E-state index is 12.4. The van der Waals surface area contributed by atoms with E-state index >= 15 is 0 Å². The van der Waals surface area contributed by atoms with Crippen LogP contribution in [0.15, 0.2) is 267 Å². The van der Waals surface area contributed by atoms with Crippen LogP contribution in [0.4, 0.5) is 0 Å². The van der Waals surface area contributed by atoms with Crippen molar-refractivity contribution in [3.8, 4) is 22.3 Å². The molecular weight excluding hydrogens is 929 g/mol. The number of aliphatic carboxylic acids is 2. The van der Waals surface area contributed by atoms with Crippen LogP contribution in [0.5, 0.6) is 0 Å². The molecule has 0 bridgehead atoms. The van der Waals surface area contributed by atoms with Crippen LogP contribution in [0.3, 0.4) is 0 Å². The molecule has 354 valence electrons. The van der Waals surface area contributed by atoms with E-state index in [4.69, 9.17) is 0 Å². The third-order valence-electron chi connectivity index (χ3n) is 13.1. The zero-order valence-corrected chi connectivity index (χ0v) is 42.2. The number of carboxylic acids is 2. The molecule has 2 aliphatic rings. The number of fused-ring (bicyclic) bond motifs is 6. The van der Waals surface area contributed by atoms with Gasteiger partial charge in [0.05, 0.1) is 0 Å². The summed E-state index contributed by atoms with van der Waals surface area (Å²) in [5.74, 6) is -1.76. The molecule has 10 aromatic carbocycles. The van der Waals surface area contributed by atoms with Gasteiger partial charge < -0.3 is 10.2 Å². The molecule has 0 atom stereocenters. The fourth-order valence-electron chi connectivity index (χ4n) is 9.87. The van der Waals surface area contributed by atoms with Gasteiger partial charge in [0, 0.05) is 0 Å². The molecule has 0 amide bonds. The average Bonchev–Trinajstić information content (AvgIpc) is 4.03. The summed E-state index contributed by atoms with van der Waals surface area (Å²) in [6, 6.07) is 92.5. The molecule has 0 radical (unpaired) electrons. The van der Waals surface area contributed by atoms with Crippen molar-refractivity contribution < 1.29 is 39.8 Å². The molecule has 2 aliphatic carbocycles.